The average molecular weight is 115 g/mol. The molecule has 1 aliphatic heterocycles. The molecule has 0 aliphatic carbocycles. The van der Waals surface area contributed by atoms with E-state index in [2.05, 4.69) is 10.3 Å². The highest BCUT2D eigenvalue weighted by atomic mass is 31.0. The number of hydrogen-bond acceptors (Lipinski definition) is 2. The van der Waals surface area contributed by atoms with Crippen molar-refractivity contribution in [2.45, 2.75) is 0 Å². The van der Waals surface area contributed by atoms with Gasteiger partial charge in [0, 0.05) is 22.6 Å². The predicted octanol–water partition coefficient (Wildman–Crippen LogP) is -0.00150. The first-order valence-corrected chi connectivity index (χ1v) is 1.72. The highest BCUT2D eigenvalue weighted by molar-refractivity contribution is 6.92. The average Bonchev–Trinajstić information content (AvgIpc) is 1.76. The summed E-state index contributed by atoms with van der Waals surface area (Å²) in [6.07, 6.45) is 1.74. The van der Waals surface area contributed by atoms with Gasteiger partial charge in [-0.2, -0.15) is 0 Å². The van der Waals surface area contributed by atoms with Crippen molar-refractivity contribution in [1.82, 2.24) is 11.5 Å². The molecule has 0 saturated heterocycles. The zero-order chi connectivity index (χ0) is 3.54. The second kappa shape index (κ2) is 5.86. The molecule has 38 valence electrons. The highest BCUT2D eigenvalue weighted by Crippen LogP contribution is 1.68. The Bertz CT molecular complexity index is 48.1. The van der Waals surface area contributed by atoms with E-state index in [0.717, 1.165) is 13.1 Å². The van der Waals surface area contributed by atoms with Crippen molar-refractivity contribution >= 4 is 16.2 Å². The molecule has 1 heterocycles. The van der Waals surface area contributed by atoms with Gasteiger partial charge >= 0.3 is 0 Å². The third-order valence-corrected chi connectivity index (χ3v) is 0.568. The van der Waals surface area contributed by atoms with Crippen molar-refractivity contribution in [3.8, 4) is 0 Å². The Kier molecular flexibility index (Phi) is 8.35. The minimum absolute atomic E-state index is 0. The maximum Gasteiger partial charge on any atom is 0.0825 e. The van der Waals surface area contributed by atoms with E-state index in [1.807, 2.05) is 0 Å². The molecule has 0 aromatic rings. The van der Waals surface area contributed by atoms with Gasteiger partial charge in [0.2, 0.25) is 0 Å². The van der Waals surface area contributed by atoms with Crippen molar-refractivity contribution in [2.24, 2.45) is 4.99 Å². The maximum absolute atomic E-state index is 3.85. The summed E-state index contributed by atoms with van der Waals surface area (Å²) < 4.78 is 0. The zero-order valence-electron chi connectivity index (χ0n) is 3.83. The SMILES string of the molecule is C1=NCCN1.[N].[P]. The lowest BCUT2D eigenvalue weighted by Gasteiger charge is -1.75. The Labute approximate surface area is 46.8 Å². The van der Waals surface area contributed by atoms with Crippen LogP contribution in [0.2, 0.25) is 0 Å². The van der Waals surface area contributed by atoms with Gasteiger partial charge < -0.3 is 5.32 Å². The van der Waals surface area contributed by atoms with Crippen molar-refractivity contribution < 1.29 is 0 Å². The first kappa shape index (κ1) is 9.97. The molecule has 4 heteroatoms. The molecule has 7 heavy (non-hydrogen) atoms. The molecule has 0 unspecified atom stereocenters. The van der Waals surface area contributed by atoms with Gasteiger partial charge in [-0.05, 0) is 0 Å². The molecule has 1 aliphatic rings. The van der Waals surface area contributed by atoms with Crippen LogP contribution < -0.4 is 11.5 Å². The quantitative estimate of drug-likeness (QED) is 0.444. The second-order valence-electron chi connectivity index (χ2n) is 0.989. The normalized spacial score (nSPS) is 13.7. The predicted molar refractivity (Wildman–Crippen MR) is 30.4 cm³/mol. The molecule has 0 aromatic heterocycles. The van der Waals surface area contributed by atoms with Gasteiger partial charge in [0.15, 0.2) is 0 Å². The fourth-order valence-electron chi connectivity index (χ4n) is 0.323. The van der Waals surface area contributed by atoms with E-state index in [1.165, 1.54) is 0 Å². The van der Waals surface area contributed by atoms with Crippen molar-refractivity contribution in [3.63, 3.8) is 0 Å². The van der Waals surface area contributed by atoms with Gasteiger partial charge in [-0.25, -0.2) is 0 Å². The van der Waals surface area contributed by atoms with Gasteiger partial charge in [-0.3, -0.25) is 4.99 Å². The molecule has 3 nitrogen and oxygen atoms in total. The van der Waals surface area contributed by atoms with Crippen LogP contribution in [0.4, 0.5) is 0 Å². The molecular formula is C3H6N3P. The molecule has 1 N–H and O–H groups in total. The smallest absolute Gasteiger partial charge is 0.0825 e. The number of nitrogens with zero attached hydrogens (tertiary/aromatic N) is 2. The summed E-state index contributed by atoms with van der Waals surface area (Å²) in [5.74, 6) is 0. The van der Waals surface area contributed by atoms with Gasteiger partial charge in [0.1, 0.15) is 0 Å². The standard InChI is InChI=1S/C3H6N2.N.P/c1-2-5-3-4-1;;/h3H,1-2H2,(H,4,5);;. The third-order valence-electron chi connectivity index (χ3n) is 0.568. The van der Waals surface area contributed by atoms with E-state index >= 15 is 0 Å². The molecule has 1 rings (SSSR count). The van der Waals surface area contributed by atoms with Crippen LogP contribution >= 0.6 is 9.90 Å². The van der Waals surface area contributed by atoms with Crippen LogP contribution in [0.3, 0.4) is 0 Å². The molecule has 0 spiro atoms. The Hall–Kier alpha value is -0.140. The fourth-order valence-corrected chi connectivity index (χ4v) is 0.323. The van der Waals surface area contributed by atoms with E-state index in [-0.39, 0.29) is 16.0 Å². The topological polar surface area (TPSA) is 54.9 Å². The first-order valence-electron chi connectivity index (χ1n) is 1.72. The number of aliphatic imine (C=N–C) groups is 1. The summed E-state index contributed by atoms with van der Waals surface area (Å²) >= 11 is 0. The van der Waals surface area contributed by atoms with Gasteiger partial charge in [-0.1, -0.05) is 0 Å². The fraction of sp³-hybridized carbons (Fsp3) is 0.667. The van der Waals surface area contributed by atoms with Crippen LogP contribution in [-0.2, 0) is 0 Å². The number of nitrogens with one attached hydrogen (secondary N) is 1. The number of rotatable bonds is 0. The van der Waals surface area contributed by atoms with E-state index < -0.39 is 0 Å². The van der Waals surface area contributed by atoms with Crippen LogP contribution in [0.25, 0.3) is 0 Å². The monoisotopic (exact) mass is 115 g/mol. The van der Waals surface area contributed by atoms with Crippen LogP contribution in [0.15, 0.2) is 4.99 Å². The van der Waals surface area contributed by atoms with E-state index in [9.17, 15) is 0 Å². The Morgan fingerprint density at radius 2 is 2.29 bits per heavy atom. The summed E-state index contributed by atoms with van der Waals surface area (Å²) in [6.45, 7) is 1.99. The van der Waals surface area contributed by atoms with Crippen LogP contribution in [0, 0.1) is 0 Å². The Morgan fingerprint density at radius 3 is 2.43 bits per heavy atom. The Morgan fingerprint density at radius 1 is 1.57 bits per heavy atom. The molecule has 0 bridgehead atoms. The summed E-state index contributed by atoms with van der Waals surface area (Å²) in [6, 6.07) is 0. The molecule has 0 fully saturated rings. The minimum Gasteiger partial charge on any atom is -0.375 e. The van der Waals surface area contributed by atoms with Crippen molar-refractivity contribution in [1.29, 1.82) is 0 Å². The molecule has 6 radical (unpaired) electrons. The van der Waals surface area contributed by atoms with E-state index in [4.69, 9.17) is 0 Å². The van der Waals surface area contributed by atoms with Crippen molar-refractivity contribution in [2.75, 3.05) is 13.1 Å². The van der Waals surface area contributed by atoms with Crippen molar-refractivity contribution in [3.05, 3.63) is 0 Å². The summed E-state index contributed by atoms with van der Waals surface area (Å²) in [7, 11) is 0. The van der Waals surface area contributed by atoms with Gasteiger partial charge in [0.05, 0.1) is 12.9 Å². The molecule has 0 saturated carbocycles. The zero-order valence-corrected chi connectivity index (χ0v) is 4.73. The van der Waals surface area contributed by atoms with Crippen LogP contribution in [0.1, 0.15) is 0 Å². The Balaban J connectivity index is 0. The molecule has 0 amide bonds. The molecule has 0 atom stereocenters. The van der Waals surface area contributed by atoms with Crippen LogP contribution in [-0.4, -0.2) is 19.4 Å². The second-order valence-corrected chi connectivity index (χ2v) is 0.989. The van der Waals surface area contributed by atoms with Crippen LogP contribution in [0.5, 0.6) is 0 Å². The summed E-state index contributed by atoms with van der Waals surface area (Å²) in [5, 5.41) is 2.93. The highest BCUT2D eigenvalue weighted by Gasteiger charge is 1.82. The van der Waals surface area contributed by atoms with Gasteiger partial charge in [-0.15, -0.1) is 0 Å². The maximum atomic E-state index is 3.85. The van der Waals surface area contributed by atoms with E-state index in [1.54, 1.807) is 6.34 Å². The lowest BCUT2D eigenvalue weighted by molar-refractivity contribution is 0.965. The summed E-state index contributed by atoms with van der Waals surface area (Å²) in [5.41, 5.74) is 0. The van der Waals surface area contributed by atoms with E-state index in [0.29, 0.717) is 0 Å². The number of hydrogen-bond donors (Lipinski definition) is 1. The van der Waals surface area contributed by atoms with Gasteiger partial charge in [0.25, 0.3) is 0 Å². The molecule has 0 aromatic carbocycles. The molecular weight excluding hydrogens is 109 g/mol. The minimum atomic E-state index is 0. The lowest BCUT2D eigenvalue weighted by atomic mass is 10.7. The third kappa shape index (κ3) is 3.70. The lowest BCUT2D eigenvalue weighted by Crippen LogP contribution is -2.04. The largest absolute Gasteiger partial charge is 0.375 e. The first-order chi connectivity index (χ1) is 2.50. The summed E-state index contributed by atoms with van der Waals surface area (Å²) in [4.78, 5) is 3.85.